The molecule has 0 atom stereocenters. The molecule has 1 aromatic rings. The van der Waals surface area contributed by atoms with Crippen molar-refractivity contribution in [1.82, 2.24) is 5.32 Å². The van der Waals surface area contributed by atoms with Crippen LogP contribution >= 0.6 is 0 Å². The zero-order valence-corrected chi connectivity index (χ0v) is 9.04. The molecule has 0 fully saturated rings. The van der Waals surface area contributed by atoms with Gasteiger partial charge in [0.2, 0.25) is 0 Å². The summed E-state index contributed by atoms with van der Waals surface area (Å²) in [5.41, 5.74) is 6.14. The topological polar surface area (TPSA) is 55.1 Å². The van der Waals surface area contributed by atoms with E-state index in [2.05, 4.69) is 17.2 Å². The Morgan fingerprint density at radius 2 is 2.24 bits per heavy atom. The molecular formula is C12H12F2N2O. The maximum Gasteiger partial charge on any atom is 0.255 e. The molecule has 0 aromatic heterocycles. The van der Waals surface area contributed by atoms with Crippen LogP contribution in [0.1, 0.15) is 15.9 Å². The van der Waals surface area contributed by atoms with Crippen molar-refractivity contribution in [2.45, 2.75) is 6.43 Å². The van der Waals surface area contributed by atoms with E-state index < -0.39 is 18.9 Å². The van der Waals surface area contributed by atoms with E-state index in [0.717, 1.165) is 0 Å². The highest BCUT2D eigenvalue weighted by Gasteiger charge is 2.08. The molecule has 1 amide bonds. The van der Waals surface area contributed by atoms with Gasteiger partial charge in [-0.05, 0) is 18.2 Å². The number of nitrogens with two attached hydrogens (primary N) is 1. The Balaban J connectivity index is 2.74. The molecule has 3 N–H and O–H groups in total. The number of alkyl halides is 2. The Morgan fingerprint density at radius 1 is 1.47 bits per heavy atom. The van der Waals surface area contributed by atoms with Gasteiger partial charge in [0.15, 0.2) is 0 Å². The van der Waals surface area contributed by atoms with E-state index in [9.17, 15) is 13.6 Å². The minimum Gasteiger partial charge on any atom is -0.346 e. The van der Waals surface area contributed by atoms with Gasteiger partial charge in [0.1, 0.15) is 0 Å². The number of rotatable bonds is 3. The largest absolute Gasteiger partial charge is 0.346 e. The Morgan fingerprint density at radius 3 is 2.88 bits per heavy atom. The first-order chi connectivity index (χ1) is 8.13. The molecule has 0 saturated carbocycles. The lowest BCUT2D eigenvalue weighted by atomic mass is 10.1. The predicted molar refractivity (Wildman–Crippen MR) is 60.7 cm³/mol. The van der Waals surface area contributed by atoms with Crippen LogP contribution in [0.15, 0.2) is 24.3 Å². The molecule has 0 unspecified atom stereocenters. The molecule has 5 heteroatoms. The zero-order chi connectivity index (χ0) is 12.7. The standard InChI is InChI=1S/C12H12F2N2O/c13-11(14)8-16-12(17)10-5-1-3-9(7-10)4-2-6-15/h1,3,5,7,11H,6,8,15H2,(H,16,17). The van der Waals surface area contributed by atoms with Crippen molar-refractivity contribution in [1.29, 1.82) is 0 Å². The normalized spacial score (nSPS) is 9.65. The average molecular weight is 238 g/mol. The third kappa shape index (κ3) is 4.62. The van der Waals surface area contributed by atoms with Gasteiger partial charge in [-0.15, -0.1) is 0 Å². The maximum absolute atomic E-state index is 11.9. The molecule has 3 nitrogen and oxygen atoms in total. The molecule has 0 aliphatic heterocycles. The second-order valence-electron chi connectivity index (χ2n) is 3.19. The first-order valence-corrected chi connectivity index (χ1v) is 4.99. The van der Waals surface area contributed by atoms with Gasteiger partial charge in [-0.2, -0.15) is 0 Å². The molecule has 0 bridgehead atoms. The monoisotopic (exact) mass is 238 g/mol. The van der Waals surface area contributed by atoms with Gasteiger partial charge in [-0.1, -0.05) is 17.9 Å². The molecule has 0 aliphatic rings. The van der Waals surface area contributed by atoms with Crippen molar-refractivity contribution in [2.75, 3.05) is 13.1 Å². The molecular weight excluding hydrogens is 226 g/mol. The fourth-order valence-corrected chi connectivity index (χ4v) is 1.16. The van der Waals surface area contributed by atoms with Crippen LogP contribution < -0.4 is 11.1 Å². The highest BCUT2D eigenvalue weighted by Crippen LogP contribution is 2.04. The Bertz CT molecular complexity index is 449. The van der Waals surface area contributed by atoms with Crippen molar-refractivity contribution >= 4 is 5.91 Å². The van der Waals surface area contributed by atoms with E-state index in [4.69, 9.17) is 5.73 Å². The second-order valence-corrected chi connectivity index (χ2v) is 3.19. The van der Waals surface area contributed by atoms with Gasteiger partial charge in [0, 0.05) is 11.1 Å². The number of hydrogen-bond donors (Lipinski definition) is 2. The Hall–Kier alpha value is -1.93. The van der Waals surface area contributed by atoms with Crippen molar-refractivity contribution < 1.29 is 13.6 Å². The number of carbonyl (C=O) groups is 1. The van der Waals surface area contributed by atoms with E-state index in [1.165, 1.54) is 12.1 Å². The minimum absolute atomic E-state index is 0.224. The van der Waals surface area contributed by atoms with E-state index in [0.29, 0.717) is 11.1 Å². The van der Waals surface area contributed by atoms with Crippen LogP contribution in [0, 0.1) is 11.8 Å². The number of carbonyl (C=O) groups excluding carboxylic acids is 1. The van der Waals surface area contributed by atoms with Crippen LogP contribution in [-0.4, -0.2) is 25.4 Å². The second kappa shape index (κ2) is 6.61. The van der Waals surface area contributed by atoms with Crippen molar-refractivity contribution in [2.24, 2.45) is 5.73 Å². The van der Waals surface area contributed by atoms with Crippen LogP contribution in [-0.2, 0) is 0 Å². The van der Waals surface area contributed by atoms with Crippen LogP contribution in [0.25, 0.3) is 0 Å². The minimum atomic E-state index is -2.56. The summed E-state index contributed by atoms with van der Waals surface area (Å²) in [4.78, 5) is 11.5. The van der Waals surface area contributed by atoms with Gasteiger partial charge in [0.25, 0.3) is 12.3 Å². The summed E-state index contributed by atoms with van der Waals surface area (Å²) >= 11 is 0. The highest BCUT2D eigenvalue weighted by molar-refractivity contribution is 5.94. The number of hydrogen-bond acceptors (Lipinski definition) is 2. The van der Waals surface area contributed by atoms with Gasteiger partial charge < -0.3 is 11.1 Å². The van der Waals surface area contributed by atoms with E-state index >= 15 is 0 Å². The van der Waals surface area contributed by atoms with Crippen LogP contribution in [0.4, 0.5) is 8.78 Å². The summed E-state index contributed by atoms with van der Waals surface area (Å²) in [6.07, 6.45) is -2.56. The Labute approximate surface area is 98.0 Å². The number of nitrogens with one attached hydrogen (secondary N) is 1. The summed E-state index contributed by atoms with van der Waals surface area (Å²) in [5, 5.41) is 2.12. The zero-order valence-electron chi connectivity index (χ0n) is 9.04. The molecule has 0 aliphatic carbocycles. The molecule has 1 aromatic carbocycles. The number of halogens is 2. The third-order valence-corrected chi connectivity index (χ3v) is 1.88. The fraction of sp³-hybridized carbons (Fsp3) is 0.250. The lowest BCUT2D eigenvalue weighted by Crippen LogP contribution is -2.28. The quantitative estimate of drug-likeness (QED) is 0.772. The summed E-state index contributed by atoms with van der Waals surface area (Å²) < 4.78 is 23.8. The smallest absolute Gasteiger partial charge is 0.255 e. The lowest BCUT2D eigenvalue weighted by molar-refractivity contribution is 0.0891. The summed E-state index contributed by atoms with van der Waals surface area (Å²) in [6.45, 7) is -0.431. The third-order valence-electron chi connectivity index (χ3n) is 1.88. The molecule has 0 saturated heterocycles. The maximum atomic E-state index is 11.9. The van der Waals surface area contributed by atoms with Gasteiger partial charge in [0.05, 0.1) is 13.1 Å². The predicted octanol–water partition coefficient (Wildman–Crippen LogP) is 0.992. The summed E-state index contributed by atoms with van der Waals surface area (Å²) in [6, 6.07) is 6.42. The molecule has 0 radical (unpaired) electrons. The number of benzene rings is 1. The van der Waals surface area contributed by atoms with Crippen LogP contribution in [0.5, 0.6) is 0 Å². The summed E-state index contributed by atoms with van der Waals surface area (Å²) in [5.74, 6) is 4.87. The van der Waals surface area contributed by atoms with Gasteiger partial charge in [-0.3, -0.25) is 4.79 Å². The molecule has 0 spiro atoms. The van der Waals surface area contributed by atoms with Gasteiger partial charge >= 0.3 is 0 Å². The highest BCUT2D eigenvalue weighted by atomic mass is 19.3. The molecule has 90 valence electrons. The van der Waals surface area contributed by atoms with Gasteiger partial charge in [-0.25, -0.2) is 8.78 Å². The van der Waals surface area contributed by atoms with E-state index in [1.54, 1.807) is 12.1 Å². The van der Waals surface area contributed by atoms with E-state index in [-0.39, 0.29) is 6.54 Å². The Kier molecular flexibility index (Phi) is 5.11. The lowest BCUT2D eigenvalue weighted by Gasteiger charge is -2.04. The average Bonchev–Trinajstić information content (AvgIpc) is 2.33. The number of amides is 1. The molecule has 0 heterocycles. The SMILES string of the molecule is NCC#Cc1cccc(C(=O)NCC(F)F)c1. The van der Waals surface area contributed by atoms with Crippen molar-refractivity contribution in [3.8, 4) is 11.8 Å². The van der Waals surface area contributed by atoms with Crippen LogP contribution in [0.2, 0.25) is 0 Å². The molecule has 1 rings (SSSR count). The van der Waals surface area contributed by atoms with Crippen molar-refractivity contribution in [3.63, 3.8) is 0 Å². The van der Waals surface area contributed by atoms with E-state index in [1.807, 2.05) is 0 Å². The van der Waals surface area contributed by atoms with Crippen LogP contribution in [0.3, 0.4) is 0 Å². The fourth-order valence-electron chi connectivity index (χ4n) is 1.16. The molecule has 17 heavy (non-hydrogen) atoms. The first-order valence-electron chi connectivity index (χ1n) is 4.99. The van der Waals surface area contributed by atoms with Crippen molar-refractivity contribution in [3.05, 3.63) is 35.4 Å². The first kappa shape index (κ1) is 13.1. The summed E-state index contributed by atoms with van der Waals surface area (Å²) in [7, 11) is 0.